The van der Waals surface area contributed by atoms with Crippen molar-refractivity contribution in [1.82, 2.24) is 19.6 Å². The van der Waals surface area contributed by atoms with Crippen molar-refractivity contribution in [2.45, 2.75) is 0 Å². The average Bonchev–Trinajstić information content (AvgIpc) is 2.29. The van der Waals surface area contributed by atoms with E-state index in [9.17, 15) is 4.79 Å². The van der Waals surface area contributed by atoms with E-state index in [0.29, 0.717) is 0 Å². The van der Waals surface area contributed by atoms with Gasteiger partial charge < -0.3 is 10.8 Å². The van der Waals surface area contributed by atoms with Gasteiger partial charge in [-0.15, -0.1) is 5.10 Å². The highest BCUT2D eigenvalue weighted by atomic mass is 16.3. The Labute approximate surface area is 65.5 Å². The number of aromatic nitrogens is 4. The van der Waals surface area contributed by atoms with Crippen LogP contribution in [0, 0.1) is 0 Å². The minimum Gasteiger partial charge on any atom is -0.493 e. The van der Waals surface area contributed by atoms with Crippen LogP contribution in [0.1, 0.15) is 0 Å². The number of hydrogen-bond donors (Lipinski definition) is 3. The molecule has 7 nitrogen and oxygen atoms in total. The molecule has 2 aromatic heterocycles. The number of nitrogen functional groups attached to an aromatic ring is 1. The lowest BCUT2D eigenvalue weighted by Crippen LogP contribution is -2.07. The van der Waals surface area contributed by atoms with E-state index in [4.69, 9.17) is 10.8 Å². The van der Waals surface area contributed by atoms with E-state index in [0.717, 1.165) is 10.6 Å². The maximum Gasteiger partial charge on any atom is 0.256 e. The van der Waals surface area contributed by atoms with Gasteiger partial charge in [0.1, 0.15) is 0 Å². The Balaban J connectivity index is 2.97. The summed E-state index contributed by atoms with van der Waals surface area (Å²) < 4.78 is 1.04. The molecule has 0 aliphatic rings. The summed E-state index contributed by atoms with van der Waals surface area (Å²) in [6, 6.07) is 0.987. The first-order chi connectivity index (χ1) is 5.66. The van der Waals surface area contributed by atoms with Crippen LogP contribution in [0.25, 0.3) is 5.78 Å². The number of anilines is 1. The van der Waals surface area contributed by atoms with E-state index in [1.54, 1.807) is 0 Å². The smallest absolute Gasteiger partial charge is 0.256 e. The molecule has 7 heteroatoms. The summed E-state index contributed by atoms with van der Waals surface area (Å²) in [5.74, 6) is -0.178. The van der Waals surface area contributed by atoms with Crippen LogP contribution in [0.2, 0.25) is 0 Å². The highest BCUT2D eigenvalue weighted by molar-refractivity contribution is 5.35. The fraction of sp³-hybridized carbons (Fsp3) is 0. The van der Waals surface area contributed by atoms with Gasteiger partial charge in [-0.2, -0.15) is 9.50 Å². The van der Waals surface area contributed by atoms with Crippen LogP contribution >= 0.6 is 0 Å². The van der Waals surface area contributed by atoms with Crippen LogP contribution in [-0.4, -0.2) is 24.7 Å². The minimum atomic E-state index is -0.451. The lowest BCUT2D eigenvalue weighted by Gasteiger charge is -1.91. The van der Waals surface area contributed by atoms with Gasteiger partial charge in [-0.05, 0) is 0 Å². The Morgan fingerprint density at radius 3 is 3.17 bits per heavy atom. The molecule has 0 atom stereocenters. The van der Waals surface area contributed by atoms with Gasteiger partial charge in [0.05, 0.1) is 6.07 Å². The number of fused-ring (bicyclic) bond motifs is 1. The Morgan fingerprint density at radius 2 is 2.42 bits per heavy atom. The normalized spacial score (nSPS) is 10.7. The topological polar surface area (TPSA) is 109 Å². The molecule has 4 N–H and O–H groups in total. The van der Waals surface area contributed by atoms with E-state index in [1.165, 1.54) is 0 Å². The summed E-state index contributed by atoms with van der Waals surface area (Å²) in [4.78, 5) is 16.8. The van der Waals surface area contributed by atoms with Gasteiger partial charge in [-0.1, -0.05) is 0 Å². The van der Waals surface area contributed by atoms with E-state index < -0.39 is 5.56 Å². The molecule has 12 heavy (non-hydrogen) atoms. The molecule has 0 bridgehead atoms. The van der Waals surface area contributed by atoms with Crippen LogP contribution < -0.4 is 11.3 Å². The molecule has 2 aromatic rings. The van der Waals surface area contributed by atoms with Gasteiger partial charge in [0.15, 0.2) is 0 Å². The first-order valence-electron chi connectivity index (χ1n) is 3.11. The van der Waals surface area contributed by atoms with Crippen molar-refractivity contribution in [3.8, 4) is 5.88 Å². The fourth-order valence-corrected chi connectivity index (χ4v) is 0.893. The Morgan fingerprint density at radius 1 is 1.67 bits per heavy atom. The molecule has 0 aliphatic carbocycles. The zero-order valence-electron chi connectivity index (χ0n) is 5.85. The Bertz CT molecular complexity index is 484. The van der Waals surface area contributed by atoms with Crippen molar-refractivity contribution in [3.05, 3.63) is 16.4 Å². The quantitative estimate of drug-likeness (QED) is 0.452. The molecule has 0 amide bonds. The fourth-order valence-electron chi connectivity index (χ4n) is 0.893. The van der Waals surface area contributed by atoms with E-state index in [1.807, 2.05) is 0 Å². The SMILES string of the molecule is Nc1nc2[nH]c(=O)cc(O)n2n1. The second kappa shape index (κ2) is 1.97. The highest BCUT2D eigenvalue weighted by Gasteiger charge is 2.04. The third-order valence-electron chi connectivity index (χ3n) is 1.34. The molecule has 0 unspecified atom stereocenters. The van der Waals surface area contributed by atoms with Gasteiger partial charge in [0.2, 0.25) is 17.6 Å². The number of nitrogens with zero attached hydrogens (tertiary/aromatic N) is 3. The van der Waals surface area contributed by atoms with Gasteiger partial charge in [0, 0.05) is 0 Å². The van der Waals surface area contributed by atoms with E-state index >= 15 is 0 Å². The zero-order chi connectivity index (χ0) is 8.72. The molecule has 0 aliphatic heterocycles. The van der Waals surface area contributed by atoms with Crippen molar-refractivity contribution in [3.63, 3.8) is 0 Å². The first-order valence-corrected chi connectivity index (χ1v) is 3.11. The monoisotopic (exact) mass is 167 g/mol. The minimum absolute atomic E-state index is 0.00727. The van der Waals surface area contributed by atoms with Gasteiger partial charge in [0.25, 0.3) is 5.56 Å². The lowest BCUT2D eigenvalue weighted by molar-refractivity contribution is 0.434. The van der Waals surface area contributed by atoms with Crippen LogP contribution in [0.15, 0.2) is 10.9 Å². The maximum atomic E-state index is 10.8. The predicted octanol–water partition coefficient (Wildman–Crippen LogP) is -1.29. The van der Waals surface area contributed by atoms with E-state index in [-0.39, 0.29) is 17.6 Å². The van der Waals surface area contributed by atoms with Gasteiger partial charge in [-0.3, -0.25) is 9.78 Å². The molecule has 0 saturated carbocycles. The molecule has 2 rings (SSSR count). The van der Waals surface area contributed by atoms with Gasteiger partial charge in [-0.25, -0.2) is 0 Å². The molecular formula is C5H5N5O2. The molecule has 62 valence electrons. The lowest BCUT2D eigenvalue weighted by atomic mass is 10.6. The molecule has 0 radical (unpaired) electrons. The van der Waals surface area contributed by atoms with Crippen LogP contribution in [0.3, 0.4) is 0 Å². The molecule has 0 aromatic carbocycles. The van der Waals surface area contributed by atoms with Crippen LogP contribution in [0.4, 0.5) is 5.95 Å². The van der Waals surface area contributed by atoms with Crippen molar-refractivity contribution in [2.75, 3.05) is 5.73 Å². The largest absolute Gasteiger partial charge is 0.493 e. The van der Waals surface area contributed by atoms with Crippen molar-refractivity contribution >= 4 is 11.7 Å². The Kier molecular flexibility index (Phi) is 1.09. The maximum absolute atomic E-state index is 10.8. The third-order valence-corrected chi connectivity index (χ3v) is 1.34. The predicted molar refractivity (Wildman–Crippen MR) is 39.7 cm³/mol. The molecule has 2 heterocycles. The third kappa shape index (κ3) is 0.797. The number of nitrogens with one attached hydrogen (secondary N) is 1. The zero-order valence-corrected chi connectivity index (χ0v) is 5.85. The van der Waals surface area contributed by atoms with Crippen molar-refractivity contribution in [1.29, 1.82) is 0 Å². The summed E-state index contributed by atoms with van der Waals surface area (Å²) >= 11 is 0. The molecular weight excluding hydrogens is 162 g/mol. The standard InChI is InChI=1S/C5H5N5O2/c6-4-8-5-7-2(11)1-3(12)10(5)9-4/h1,12H,(H3,6,7,8,9,11). The number of aromatic amines is 1. The molecule has 0 fully saturated rings. The summed E-state index contributed by atoms with van der Waals surface area (Å²) in [5, 5.41) is 12.8. The number of hydrogen-bond acceptors (Lipinski definition) is 5. The number of rotatable bonds is 0. The first kappa shape index (κ1) is 6.65. The van der Waals surface area contributed by atoms with Crippen molar-refractivity contribution < 1.29 is 5.11 Å². The summed E-state index contributed by atoms with van der Waals surface area (Å²) in [6.45, 7) is 0. The summed E-state index contributed by atoms with van der Waals surface area (Å²) in [7, 11) is 0. The summed E-state index contributed by atoms with van der Waals surface area (Å²) in [6.07, 6.45) is 0. The van der Waals surface area contributed by atoms with Gasteiger partial charge >= 0.3 is 0 Å². The second-order valence-corrected chi connectivity index (χ2v) is 2.20. The number of H-pyrrole nitrogens is 1. The van der Waals surface area contributed by atoms with Crippen molar-refractivity contribution in [2.24, 2.45) is 0 Å². The summed E-state index contributed by atoms with van der Waals surface area (Å²) in [5.41, 5.74) is 4.78. The van der Waals surface area contributed by atoms with E-state index in [2.05, 4.69) is 15.1 Å². The average molecular weight is 167 g/mol. The number of aromatic hydroxyl groups is 1. The molecule has 0 spiro atoms. The Hall–Kier alpha value is -2.05. The second-order valence-electron chi connectivity index (χ2n) is 2.20. The number of nitrogens with two attached hydrogens (primary N) is 1. The highest BCUT2D eigenvalue weighted by Crippen LogP contribution is 2.05. The van der Waals surface area contributed by atoms with Crippen LogP contribution in [0.5, 0.6) is 5.88 Å². The van der Waals surface area contributed by atoms with Crippen LogP contribution in [-0.2, 0) is 0 Å². The molecule has 0 saturated heterocycles.